The first-order valence-electron chi connectivity index (χ1n) is 10.7. The van der Waals surface area contributed by atoms with Crippen LogP contribution in [-0.2, 0) is 11.0 Å². The fourth-order valence-electron chi connectivity index (χ4n) is 3.62. The lowest BCUT2D eigenvalue weighted by atomic mass is 9.96. The van der Waals surface area contributed by atoms with Crippen LogP contribution in [-0.4, -0.2) is 15.8 Å². The summed E-state index contributed by atoms with van der Waals surface area (Å²) in [7, 11) is 0. The summed E-state index contributed by atoms with van der Waals surface area (Å²) in [6.45, 7) is 0. The fourth-order valence-corrected chi connectivity index (χ4v) is 3.62. The van der Waals surface area contributed by atoms with Crippen molar-refractivity contribution in [1.82, 2.24) is 4.98 Å². The number of pyridine rings is 1. The zero-order chi connectivity index (χ0) is 25.7. The molecule has 0 aliphatic heterocycles. The molecule has 0 aliphatic carbocycles. The van der Waals surface area contributed by atoms with E-state index in [1.54, 1.807) is 36.7 Å². The number of carbonyl (C=O) groups is 1. The number of amides is 1. The van der Waals surface area contributed by atoms with Crippen LogP contribution in [0.4, 0.5) is 24.5 Å². The highest BCUT2D eigenvalue weighted by molar-refractivity contribution is 6.06. The van der Waals surface area contributed by atoms with Crippen molar-refractivity contribution in [2.24, 2.45) is 0 Å². The molecule has 4 rings (SSSR count). The Hall–Kier alpha value is -4.79. The van der Waals surface area contributed by atoms with Gasteiger partial charge in [0.1, 0.15) is 0 Å². The molecular weight excluding hydrogens is 471 g/mol. The highest BCUT2D eigenvalue weighted by Crippen LogP contribution is 2.32. The molecule has 1 N–H and O–H groups in total. The highest BCUT2D eigenvalue weighted by atomic mass is 19.4. The van der Waals surface area contributed by atoms with Crippen LogP contribution in [0, 0.1) is 10.1 Å². The first-order valence-corrected chi connectivity index (χ1v) is 10.7. The minimum absolute atomic E-state index is 0.169. The van der Waals surface area contributed by atoms with Gasteiger partial charge < -0.3 is 5.32 Å². The number of aromatic nitrogens is 1. The predicted octanol–water partition coefficient (Wildman–Crippen LogP) is 6.79. The number of hydrogen-bond donors (Lipinski definition) is 1. The lowest BCUT2D eigenvalue weighted by Crippen LogP contribution is -2.08. The van der Waals surface area contributed by atoms with Crippen molar-refractivity contribution in [3.8, 4) is 0 Å². The fraction of sp³-hybridized carbons (Fsp3) is 0.0370. The van der Waals surface area contributed by atoms with Crippen molar-refractivity contribution < 1.29 is 22.9 Å². The van der Waals surface area contributed by atoms with Crippen molar-refractivity contribution in [2.75, 3.05) is 5.32 Å². The summed E-state index contributed by atoms with van der Waals surface area (Å²) >= 11 is 0. The lowest BCUT2D eigenvalue weighted by molar-refractivity contribution is -0.384. The molecule has 0 aliphatic rings. The van der Waals surface area contributed by atoms with Gasteiger partial charge >= 0.3 is 6.18 Å². The van der Waals surface area contributed by atoms with Crippen LogP contribution in [0.15, 0.2) is 103 Å². The molecule has 0 radical (unpaired) electrons. The van der Waals surface area contributed by atoms with Gasteiger partial charge in [0.15, 0.2) is 0 Å². The standard InChI is InChI=1S/C27H18F3N3O3/c28-27(29,30)21-12-10-18(11-13-21)23(19-4-1-6-22(16-19)33(35)36)7-3-9-26(34)32-25-8-2-5-20-17-31-15-14-24(20)25/h1-17H,(H,32,34)/b9-3+,23-7+. The Morgan fingerprint density at radius 2 is 1.72 bits per heavy atom. The van der Waals surface area contributed by atoms with Crippen LogP contribution in [0.5, 0.6) is 0 Å². The summed E-state index contributed by atoms with van der Waals surface area (Å²) in [6.07, 6.45) is 3.03. The number of nitrogens with one attached hydrogen (secondary N) is 1. The third-order valence-corrected chi connectivity index (χ3v) is 5.34. The van der Waals surface area contributed by atoms with Crippen LogP contribution >= 0.6 is 0 Å². The van der Waals surface area contributed by atoms with E-state index in [1.165, 1.54) is 48.6 Å². The van der Waals surface area contributed by atoms with Gasteiger partial charge in [-0.15, -0.1) is 0 Å². The van der Waals surface area contributed by atoms with Crippen LogP contribution in [0.3, 0.4) is 0 Å². The Labute approximate surface area is 203 Å². The molecule has 1 amide bonds. The Morgan fingerprint density at radius 1 is 0.972 bits per heavy atom. The molecule has 180 valence electrons. The number of carbonyl (C=O) groups excluding carboxylic acids is 1. The second kappa shape index (κ2) is 10.2. The number of allylic oxidation sites excluding steroid dienone is 2. The largest absolute Gasteiger partial charge is 0.416 e. The van der Waals surface area contributed by atoms with E-state index in [0.717, 1.165) is 22.9 Å². The van der Waals surface area contributed by atoms with Crippen LogP contribution in [0.1, 0.15) is 16.7 Å². The maximum Gasteiger partial charge on any atom is 0.416 e. The van der Waals surface area contributed by atoms with Crippen LogP contribution in [0.2, 0.25) is 0 Å². The van der Waals surface area contributed by atoms with E-state index in [1.807, 2.05) is 6.07 Å². The monoisotopic (exact) mass is 489 g/mol. The second-order valence-electron chi connectivity index (χ2n) is 7.71. The molecule has 0 spiro atoms. The average molecular weight is 489 g/mol. The molecule has 0 atom stereocenters. The first-order chi connectivity index (χ1) is 17.2. The molecule has 4 aromatic rings. The van der Waals surface area contributed by atoms with E-state index in [9.17, 15) is 28.1 Å². The van der Waals surface area contributed by atoms with Crippen LogP contribution in [0.25, 0.3) is 16.3 Å². The maximum atomic E-state index is 13.0. The smallest absolute Gasteiger partial charge is 0.322 e. The van der Waals surface area contributed by atoms with Crippen molar-refractivity contribution >= 4 is 33.6 Å². The molecule has 3 aromatic carbocycles. The Morgan fingerprint density at radius 3 is 2.44 bits per heavy atom. The number of nitro groups is 1. The van der Waals surface area contributed by atoms with E-state index in [0.29, 0.717) is 22.4 Å². The number of halogens is 3. The lowest BCUT2D eigenvalue weighted by Gasteiger charge is -2.11. The number of anilines is 1. The van der Waals surface area contributed by atoms with Crippen molar-refractivity contribution in [3.63, 3.8) is 0 Å². The van der Waals surface area contributed by atoms with E-state index in [2.05, 4.69) is 10.3 Å². The molecule has 9 heteroatoms. The minimum atomic E-state index is -4.50. The summed E-state index contributed by atoms with van der Waals surface area (Å²) in [6, 6.07) is 17.3. The summed E-state index contributed by atoms with van der Waals surface area (Å²) in [4.78, 5) is 27.3. The Balaban J connectivity index is 1.65. The normalized spacial score (nSPS) is 12.1. The highest BCUT2D eigenvalue weighted by Gasteiger charge is 2.30. The summed E-state index contributed by atoms with van der Waals surface area (Å²) < 4.78 is 39.0. The zero-order valence-electron chi connectivity index (χ0n) is 18.6. The van der Waals surface area contributed by atoms with Gasteiger partial charge in [0.25, 0.3) is 5.69 Å². The van der Waals surface area contributed by atoms with Gasteiger partial charge in [-0.3, -0.25) is 19.9 Å². The quantitative estimate of drug-likeness (QED) is 0.140. The molecule has 0 unspecified atom stereocenters. The average Bonchev–Trinajstić information content (AvgIpc) is 2.86. The number of nitro benzene ring substituents is 1. The van der Waals surface area contributed by atoms with E-state index in [-0.39, 0.29) is 5.69 Å². The molecule has 0 bridgehead atoms. The number of non-ortho nitro benzene ring substituents is 1. The third kappa shape index (κ3) is 5.64. The Kier molecular flexibility index (Phi) is 6.91. The third-order valence-electron chi connectivity index (χ3n) is 5.34. The van der Waals surface area contributed by atoms with Gasteiger partial charge in [-0.1, -0.05) is 48.6 Å². The molecule has 0 saturated carbocycles. The molecule has 0 saturated heterocycles. The number of alkyl halides is 3. The zero-order valence-corrected chi connectivity index (χ0v) is 18.6. The molecule has 36 heavy (non-hydrogen) atoms. The van der Waals surface area contributed by atoms with Crippen molar-refractivity contribution in [1.29, 1.82) is 0 Å². The first kappa shape index (κ1) is 24.3. The summed E-state index contributed by atoms with van der Waals surface area (Å²) in [5.74, 6) is -0.429. The minimum Gasteiger partial charge on any atom is -0.322 e. The molecular formula is C27H18F3N3O3. The number of hydrogen-bond acceptors (Lipinski definition) is 4. The van der Waals surface area contributed by atoms with Crippen molar-refractivity contribution in [3.05, 3.63) is 130 Å². The maximum absolute atomic E-state index is 13.0. The second-order valence-corrected chi connectivity index (χ2v) is 7.71. The number of nitrogens with zero attached hydrogens (tertiary/aromatic N) is 2. The predicted molar refractivity (Wildman–Crippen MR) is 131 cm³/mol. The van der Waals surface area contributed by atoms with Gasteiger partial charge in [0.2, 0.25) is 5.91 Å². The van der Waals surface area contributed by atoms with Gasteiger partial charge in [0.05, 0.1) is 10.5 Å². The van der Waals surface area contributed by atoms with Gasteiger partial charge in [-0.05, 0) is 41.0 Å². The molecule has 6 nitrogen and oxygen atoms in total. The topological polar surface area (TPSA) is 85.1 Å². The SMILES string of the molecule is O=C(/C=C/C=C(\c1ccc(C(F)(F)F)cc1)c1cccc([N+](=O)[O-])c1)Nc1cccc2cnccc12. The van der Waals surface area contributed by atoms with E-state index >= 15 is 0 Å². The van der Waals surface area contributed by atoms with Crippen LogP contribution < -0.4 is 5.32 Å². The van der Waals surface area contributed by atoms with Gasteiger partial charge in [0, 0.05) is 47.1 Å². The van der Waals surface area contributed by atoms with Gasteiger partial charge in [-0.2, -0.15) is 13.2 Å². The van der Waals surface area contributed by atoms with Crippen molar-refractivity contribution in [2.45, 2.75) is 6.18 Å². The van der Waals surface area contributed by atoms with E-state index in [4.69, 9.17) is 0 Å². The number of benzene rings is 3. The summed E-state index contributed by atoms with van der Waals surface area (Å²) in [5.41, 5.74) is 0.830. The number of rotatable bonds is 6. The summed E-state index contributed by atoms with van der Waals surface area (Å²) in [5, 5.41) is 15.7. The number of fused-ring (bicyclic) bond motifs is 1. The molecule has 1 aromatic heterocycles. The molecule has 0 fully saturated rings. The molecule has 1 heterocycles. The van der Waals surface area contributed by atoms with E-state index < -0.39 is 22.6 Å². The van der Waals surface area contributed by atoms with Gasteiger partial charge in [-0.25, -0.2) is 0 Å². The Bertz CT molecular complexity index is 1490.